The summed E-state index contributed by atoms with van der Waals surface area (Å²) in [5.74, 6) is 0.122. The Morgan fingerprint density at radius 3 is 2.32 bits per heavy atom. The quantitative estimate of drug-likeness (QED) is 0.744. The molecule has 2 heterocycles. The maximum Gasteiger partial charge on any atom is 0.410 e. The van der Waals surface area contributed by atoms with Crippen LogP contribution in [0.4, 0.5) is 4.79 Å². The third kappa shape index (κ3) is 5.87. The second kappa shape index (κ2) is 9.54. The number of hydrogen-bond acceptors (Lipinski definition) is 4. The Balaban J connectivity index is 1.58. The molecule has 0 unspecified atom stereocenters. The standard InChI is InChI=1S/C24H34N4O3/c1-18-21(19(2)28(25-18)20-10-7-6-8-11-20)12-13-22(29)26-14-9-15-27(17-16-26)23(30)31-24(3,4)5/h6-8,10-11H,9,12-17H2,1-5H3. The van der Waals surface area contributed by atoms with E-state index in [2.05, 4.69) is 12.0 Å². The van der Waals surface area contributed by atoms with Crippen LogP contribution in [0.15, 0.2) is 30.3 Å². The number of hydrogen-bond donors (Lipinski definition) is 0. The molecule has 0 aliphatic carbocycles. The molecule has 1 aromatic heterocycles. The highest BCUT2D eigenvalue weighted by molar-refractivity contribution is 5.77. The fraction of sp³-hybridized carbons (Fsp3) is 0.542. The smallest absolute Gasteiger partial charge is 0.410 e. The van der Waals surface area contributed by atoms with Crippen LogP contribution in [0.2, 0.25) is 0 Å². The summed E-state index contributed by atoms with van der Waals surface area (Å²) in [6.45, 7) is 12.0. The van der Waals surface area contributed by atoms with Crippen molar-refractivity contribution in [2.75, 3.05) is 26.2 Å². The molecule has 7 heteroatoms. The van der Waals surface area contributed by atoms with Gasteiger partial charge in [0, 0.05) is 38.3 Å². The molecule has 1 aliphatic rings. The lowest BCUT2D eigenvalue weighted by atomic mass is 10.1. The maximum absolute atomic E-state index is 12.9. The van der Waals surface area contributed by atoms with Gasteiger partial charge in [0.2, 0.25) is 5.91 Å². The Labute approximate surface area is 185 Å². The van der Waals surface area contributed by atoms with E-state index in [0.29, 0.717) is 39.0 Å². The number of rotatable bonds is 4. The summed E-state index contributed by atoms with van der Waals surface area (Å²) < 4.78 is 7.42. The van der Waals surface area contributed by atoms with E-state index in [-0.39, 0.29) is 12.0 Å². The van der Waals surface area contributed by atoms with Gasteiger partial charge in [-0.2, -0.15) is 5.10 Å². The van der Waals surface area contributed by atoms with Crippen LogP contribution in [0.3, 0.4) is 0 Å². The predicted octanol–water partition coefficient (Wildman–Crippen LogP) is 3.89. The molecule has 1 fully saturated rings. The van der Waals surface area contributed by atoms with E-state index >= 15 is 0 Å². The first-order valence-electron chi connectivity index (χ1n) is 11.0. The van der Waals surface area contributed by atoms with Crippen molar-refractivity contribution < 1.29 is 14.3 Å². The molecule has 1 saturated heterocycles. The monoisotopic (exact) mass is 426 g/mol. The lowest BCUT2D eigenvalue weighted by molar-refractivity contribution is -0.131. The zero-order valence-corrected chi connectivity index (χ0v) is 19.4. The number of aromatic nitrogens is 2. The van der Waals surface area contributed by atoms with Crippen LogP contribution in [0.5, 0.6) is 0 Å². The van der Waals surface area contributed by atoms with Crippen molar-refractivity contribution in [2.24, 2.45) is 0 Å². The molecule has 1 aromatic carbocycles. The van der Waals surface area contributed by atoms with E-state index in [1.807, 2.05) is 67.6 Å². The highest BCUT2D eigenvalue weighted by atomic mass is 16.6. The summed E-state index contributed by atoms with van der Waals surface area (Å²) in [5.41, 5.74) is 3.67. The SMILES string of the molecule is Cc1nn(-c2ccccc2)c(C)c1CCC(=O)N1CCCN(C(=O)OC(C)(C)C)CC1. The zero-order valence-electron chi connectivity index (χ0n) is 19.4. The minimum atomic E-state index is -0.515. The largest absolute Gasteiger partial charge is 0.444 e. The van der Waals surface area contributed by atoms with Gasteiger partial charge in [-0.25, -0.2) is 9.48 Å². The highest BCUT2D eigenvalue weighted by Crippen LogP contribution is 2.20. The molecular formula is C24H34N4O3. The van der Waals surface area contributed by atoms with E-state index in [4.69, 9.17) is 4.74 Å². The number of ether oxygens (including phenoxy) is 1. The molecule has 3 rings (SSSR count). The molecule has 1 aliphatic heterocycles. The molecule has 2 amide bonds. The lowest BCUT2D eigenvalue weighted by Crippen LogP contribution is -2.40. The fourth-order valence-electron chi connectivity index (χ4n) is 3.92. The number of para-hydroxylation sites is 1. The van der Waals surface area contributed by atoms with Crippen molar-refractivity contribution in [3.8, 4) is 5.69 Å². The molecule has 0 radical (unpaired) electrons. The lowest BCUT2D eigenvalue weighted by Gasteiger charge is -2.26. The van der Waals surface area contributed by atoms with Crippen molar-refractivity contribution in [1.82, 2.24) is 19.6 Å². The van der Waals surface area contributed by atoms with E-state index < -0.39 is 5.60 Å². The molecule has 31 heavy (non-hydrogen) atoms. The number of amides is 2. The van der Waals surface area contributed by atoms with Gasteiger partial charge < -0.3 is 14.5 Å². The number of aryl methyl sites for hydroxylation is 1. The van der Waals surface area contributed by atoms with Gasteiger partial charge in [-0.3, -0.25) is 4.79 Å². The fourth-order valence-corrected chi connectivity index (χ4v) is 3.92. The Morgan fingerprint density at radius 1 is 1.00 bits per heavy atom. The average molecular weight is 427 g/mol. The molecule has 0 N–H and O–H groups in total. The number of nitrogens with zero attached hydrogens (tertiary/aromatic N) is 4. The predicted molar refractivity (Wildman–Crippen MR) is 120 cm³/mol. The molecule has 0 bridgehead atoms. The van der Waals surface area contributed by atoms with Gasteiger partial charge in [0.15, 0.2) is 0 Å². The van der Waals surface area contributed by atoms with Crippen molar-refractivity contribution in [3.63, 3.8) is 0 Å². The summed E-state index contributed by atoms with van der Waals surface area (Å²) in [4.78, 5) is 28.8. The zero-order chi connectivity index (χ0) is 22.6. The molecule has 0 saturated carbocycles. The van der Waals surface area contributed by atoms with Gasteiger partial charge in [-0.1, -0.05) is 18.2 Å². The molecule has 0 spiro atoms. The van der Waals surface area contributed by atoms with Crippen LogP contribution in [-0.2, 0) is 16.0 Å². The topological polar surface area (TPSA) is 67.7 Å². The highest BCUT2D eigenvalue weighted by Gasteiger charge is 2.26. The Morgan fingerprint density at radius 2 is 1.65 bits per heavy atom. The van der Waals surface area contributed by atoms with Crippen molar-refractivity contribution in [1.29, 1.82) is 0 Å². The Hall–Kier alpha value is -2.83. The van der Waals surface area contributed by atoms with Gasteiger partial charge >= 0.3 is 6.09 Å². The second-order valence-corrected chi connectivity index (χ2v) is 9.10. The van der Waals surface area contributed by atoms with Crippen molar-refractivity contribution in [3.05, 3.63) is 47.3 Å². The van der Waals surface area contributed by atoms with Crippen LogP contribution in [0, 0.1) is 13.8 Å². The number of benzene rings is 1. The van der Waals surface area contributed by atoms with Gasteiger partial charge in [0.25, 0.3) is 0 Å². The van der Waals surface area contributed by atoms with Crippen molar-refractivity contribution >= 4 is 12.0 Å². The Bertz CT molecular complexity index is 915. The Kier molecular flexibility index (Phi) is 7.03. The summed E-state index contributed by atoms with van der Waals surface area (Å²) in [6, 6.07) is 10.0. The molecule has 0 atom stereocenters. The van der Waals surface area contributed by atoms with Gasteiger partial charge in [-0.15, -0.1) is 0 Å². The summed E-state index contributed by atoms with van der Waals surface area (Å²) in [6.07, 6.45) is 1.56. The summed E-state index contributed by atoms with van der Waals surface area (Å²) in [7, 11) is 0. The van der Waals surface area contributed by atoms with Crippen molar-refractivity contribution in [2.45, 2.75) is 59.5 Å². The summed E-state index contributed by atoms with van der Waals surface area (Å²) in [5, 5.41) is 4.68. The number of carbonyl (C=O) groups is 2. The van der Waals surface area contributed by atoms with E-state index in [1.54, 1.807) is 4.90 Å². The average Bonchev–Trinajstić information content (AvgIpc) is 2.88. The minimum absolute atomic E-state index is 0.122. The molecule has 7 nitrogen and oxygen atoms in total. The first-order valence-corrected chi connectivity index (χ1v) is 11.0. The molecule has 168 valence electrons. The van der Waals surface area contributed by atoms with Gasteiger partial charge in [0.1, 0.15) is 5.60 Å². The van der Waals surface area contributed by atoms with E-state index in [9.17, 15) is 9.59 Å². The molecular weight excluding hydrogens is 392 g/mol. The van der Waals surface area contributed by atoms with Gasteiger partial charge in [0.05, 0.1) is 11.4 Å². The number of carbonyl (C=O) groups excluding carboxylic acids is 2. The maximum atomic E-state index is 12.9. The first kappa shape index (κ1) is 22.8. The van der Waals surface area contributed by atoms with Crippen LogP contribution in [0.25, 0.3) is 5.69 Å². The van der Waals surface area contributed by atoms with Crippen LogP contribution in [0.1, 0.15) is 50.6 Å². The van der Waals surface area contributed by atoms with Crippen LogP contribution >= 0.6 is 0 Å². The summed E-state index contributed by atoms with van der Waals surface area (Å²) >= 11 is 0. The van der Waals surface area contributed by atoms with E-state index in [0.717, 1.165) is 29.1 Å². The van der Waals surface area contributed by atoms with E-state index in [1.165, 1.54) is 0 Å². The third-order valence-corrected chi connectivity index (χ3v) is 5.53. The van der Waals surface area contributed by atoms with Crippen LogP contribution < -0.4 is 0 Å². The third-order valence-electron chi connectivity index (χ3n) is 5.53. The second-order valence-electron chi connectivity index (χ2n) is 9.10. The normalized spacial score (nSPS) is 15.0. The first-order chi connectivity index (χ1) is 14.7. The van der Waals surface area contributed by atoms with Crippen LogP contribution in [-0.4, -0.2) is 63.4 Å². The molecule has 2 aromatic rings. The minimum Gasteiger partial charge on any atom is -0.444 e. The van der Waals surface area contributed by atoms with Gasteiger partial charge in [-0.05, 0) is 65.2 Å².